The van der Waals surface area contributed by atoms with Crippen LogP contribution in [0.5, 0.6) is 0 Å². The quantitative estimate of drug-likeness (QED) is 0.645. The van der Waals surface area contributed by atoms with Crippen molar-refractivity contribution in [3.63, 3.8) is 0 Å². The molecule has 1 aromatic rings. The first-order chi connectivity index (χ1) is 7.87. The van der Waals surface area contributed by atoms with Gasteiger partial charge in [0.15, 0.2) is 0 Å². The van der Waals surface area contributed by atoms with Gasteiger partial charge in [-0.1, -0.05) is 12.1 Å². The van der Waals surface area contributed by atoms with Gasteiger partial charge in [0.1, 0.15) is 12.4 Å². The smallest absolute Gasteiger partial charge is 0.343 e. The number of carbonyl (C=O) groups is 1. The molecule has 92 valence electrons. The van der Waals surface area contributed by atoms with Gasteiger partial charge in [0.2, 0.25) is 5.91 Å². The van der Waals surface area contributed by atoms with E-state index in [4.69, 9.17) is 0 Å². The summed E-state index contributed by atoms with van der Waals surface area (Å²) in [4.78, 5) is 11.0. The van der Waals surface area contributed by atoms with Crippen LogP contribution in [-0.4, -0.2) is 18.6 Å². The van der Waals surface area contributed by atoms with Crippen molar-refractivity contribution in [2.24, 2.45) is 0 Å². The molecule has 17 heavy (non-hydrogen) atoms. The zero-order valence-electron chi connectivity index (χ0n) is 8.59. The lowest BCUT2D eigenvalue weighted by atomic mass is 10.2. The fourth-order valence-electron chi connectivity index (χ4n) is 0.992. The van der Waals surface area contributed by atoms with E-state index < -0.39 is 24.4 Å². The minimum atomic E-state index is -4.43. The standard InChI is InChI=1S/C11H9F4NO/c12-9-4-1-8(2-5-9)3-6-10(17)16-7-11(13,14)15/h1-6H,7H2,(H,16,17). The summed E-state index contributed by atoms with van der Waals surface area (Å²) in [7, 11) is 0. The Labute approximate surface area is 94.9 Å². The Kier molecular flexibility index (Phi) is 4.25. The molecule has 0 saturated heterocycles. The number of nitrogens with one attached hydrogen (secondary N) is 1. The first-order valence-electron chi connectivity index (χ1n) is 4.65. The molecule has 0 aliphatic heterocycles. The van der Waals surface area contributed by atoms with Crippen LogP contribution in [0.25, 0.3) is 6.08 Å². The van der Waals surface area contributed by atoms with E-state index >= 15 is 0 Å². The molecule has 1 rings (SSSR count). The number of benzene rings is 1. The van der Waals surface area contributed by atoms with Gasteiger partial charge < -0.3 is 5.32 Å². The summed E-state index contributed by atoms with van der Waals surface area (Å²) in [6, 6.07) is 5.19. The molecule has 0 radical (unpaired) electrons. The van der Waals surface area contributed by atoms with Crippen LogP contribution in [0.1, 0.15) is 5.56 Å². The van der Waals surface area contributed by atoms with Gasteiger partial charge in [-0.05, 0) is 23.8 Å². The first-order valence-corrected chi connectivity index (χ1v) is 4.65. The minimum absolute atomic E-state index is 0.427. The molecule has 0 bridgehead atoms. The van der Waals surface area contributed by atoms with Crippen molar-refractivity contribution in [2.45, 2.75) is 6.18 Å². The largest absolute Gasteiger partial charge is 0.405 e. The summed E-state index contributed by atoms with van der Waals surface area (Å²) in [5.41, 5.74) is 0.522. The van der Waals surface area contributed by atoms with Crippen LogP contribution >= 0.6 is 0 Å². The fourth-order valence-corrected chi connectivity index (χ4v) is 0.992. The van der Waals surface area contributed by atoms with Gasteiger partial charge >= 0.3 is 6.18 Å². The van der Waals surface area contributed by atoms with Gasteiger partial charge in [-0.2, -0.15) is 13.2 Å². The van der Waals surface area contributed by atoms with Gasteiger partial charge in [-0.15, -0.1) is 0 Å². The summed E-state index contributed by atoms with van der Waals surface area (Å²) in [6.45, 7) is -1.38. The normalized spacial score (nSPS) is 11.8. The lowest BCUT2D eigenvalue weighted by molar-refractivity contribution is -0.135. The molecule has 1 N–H and O–H groups in total. The van der Waals surface area contributed by atoms with Gasteiger partial charge in [-0.25, -0.2) is 4.39 Å². The van der Waals surface area contributed by atoms with Crippen molar-refractivity contribution in [1.82, 2.24) is 5.32 Å². The zero-order valence-corrected chi connectivity index (χ0v) is 8.59. The van der Waals surface area contributed by atoms with Crippen LogP contribution in [0.2, 0.25) is 0 Å². The van der Waals surface area contributed by atoms with Crippen molar-refractivity contribution in [3.8, 4) is 0 Å². The van der Waals surface area contributed by atoms with E-state index in [9.17, 15) is 22.4 Å². The van der Waals surface area contributed by atoms with Crippen LogP contribution in [0.4, 0.5) is 17.6 Å². The summed E-state index contributed by atoms with van der Waals surface area (Å²) >= 11 is 0. The Morgan fingerprint density at radius 1 is 1.24 bits per heavy atom. The van der Waals surface area contributed by atoms with Crippen molar-refractivity contribution >= 4 is 12.0 Å². The lowest BCUT2D eigenvalue weighted by Gasteiger charge is -2.05. The zero-order chi connectivity index (χ0) is 12.9. The highest BCUT2D eigenvalue weighted by Crippen LogP contribution is 2.12. The van der Waals surface area contributed by atoms with E-state index in [2.05, 4.69) is 0 Å². The molecule has 0 aromatic heterocycles. The van der Waals surface area contributed by atoms with Crippen LogP contribution in [-0.2, 0) is 4.79 Å². The number of hydrogen-bond acceptors (Lipinski definition) is 1. The van der Waals surface area contributed by atoms with Gasteiger partial charge in [0.05, 0.1) is 0 Å². The van der Waals surface area contributed by atoms with E-state index in [0.717, 1.165) is 6.08 Å². The molecule has 0 aliphatic rings. The maximum absolute atomic E-state index is 12.5. The third kappa shape index (κ3) is 5.70. The maximum Gasteiger partial charge on any atom is 0.405 e. The third-order valence-corrected chi connectivity index (χ3v) is 1.76. The average molecular weight is 247 g/mol. The summed E-state index contributed by atoms with van der Waals surface area (Å²) in [5, 5.41) is 1.68. The van der Waals surface area contributed by atoms with Crippen molar-refractivity contribution in [2.75, 3.05) is 6.54 Å². The molecular formula is C11H9F4NO. The predicted molar refractivity (Wildman–Crippen MR) is 54.5 cm³/mol. The van der Waals surface area contributed by atoms with Crippen LogP contribution in [0, 0.1) is 5.82 Å². The van der Waals surface area contributed by atoms with E-state index in [1.54, 1.807) is 5.32 Å². The molecule has 0 aliphatic carbocycles. The maximum atomic E-state index is 12.5. The van der Waals surface area contributed by atoms with Crippen LogP contribution in [0.15, 0.2) is 30.3 Å². The molecular weight excluding hydrogens is 238 g/mol. The van der Waals surface area contributed by atoms with Crippen molar-refractivity contribution in [3.05, 3.63) is 41.7 Å². The molecule has 0 atom stereocenters. The second kappa shape index (κ2) is 5.47. The highest BCUT2D eigenvalue weighted by Gasteiger charge is 2.27. The highest BCUT2D eigenvalue weighted by atomic mass is 19.4. The molecule has 1 aromatic carbocycles. The fraction of sp³-hybridized carbons (Fsp3) is 0.182. The van der Waals surface area contributed by atoms with E-state index in [1.807, 2.05) is 0 Å². The van der Waals surface area contributed by atoms with Gasteiger partial charge in [0.25, 0.3) is 0 Å². The average Bonchev–Trinajstić information content (AvgIpc) is 2.25. The molecule has 2 nitrogen and oxygen atoms in total. The Bertz CT molecular complexity index is 408. The van der Waals surface area contributed by atoms with Gasteiger partial charge in [-0.3, -0.25) is 4.79 Å². The Hall–Kier alpha value is -1.85. The number of halogens is 4. The molecule has 0 heterocycles. The molecule has 1 amide bonds. The first kappa shape index (κ1) is 13.2. The summed E-state index contributed by atoms with van der Waals surface area (Å²) in [5.74, 6) is -1.28. The number of amides is 1. The van der Waals surface area contributed by atoms with Crippen molar-refractivity contribution in [1.29, 1.82) is 0 Å². The number of rotatable bonds is 3. The minimum Gasteiger partial charge on any atom is -0.343 e. The lowest BCUT2D eigenvalue weighted by Crippen LogP contribution is -2.32. The van der Waals surface area contributed by atoms with E-state index in [-0.39, 0.29) is 0 Å². The molecule has 0 unspecified atom stereocenters. The highest BCUT2D eigenvalue weighted by molar-refractivity contribution is 5.91. The SMILES string of the molecule is O=C(C=Cc1ccc(F)cc1)NCC(F)(F)F. The topological polar surface area (TPSA) is 29.1 Å². The van der Waals surface area contributed by atoms with E-state index in [1.165, 1.54) is 30.3 Å². The number of hydrogen-bond donors (Lipinski definition) is 1. The predicted octanol–water partition coefficient (Wildman–Crippen LogP) is 2.52. The van der Waals surface area contributed by atoms with Gasteiger partial charge in [0, 0.05) is 6.08 Å². The second-order valence-electron chi connectivity index (χ2n) is 3.22. The summed E-state index contributed by atoms with van der Waals surface area (Å²) in [6.07, 6.45) is -2.18. The van der Waals surface area contributed by atoms with E-state index in [0.29, 0.717) is 5.56 Å². The Morgan fingerprint density at radius 3 is 2.35 bits per heavy atom. The number of carbonyl (C=O) groups excluding carboxylic acids is 1. The second-order valence-corrected chi connectivity index (χ2v) is 3.22. The van der Waals surface area contributed by atoms with Crippen LogP contribution < -0.4 is 5.32 Å². The third-order valence-electron chi connectivity index (χ3n) is 1.76. The monoisotopic (exact) mass is 247 g/mol. The molecule has 0 saturated carbocycles. The molecule has 0 fully saturated rings. The summed E-state index contributed by atoms with van der Waals surface area (Å²) < 4.78 is 47.7. The Morgan fingerprint density at radius 2 is 1.82 bits per heavy atom. The van der Waals surface area contributed by atoms with Crippen LogP contribution in [0.3, 0.4) is 0 Å². The molecule has 0 spiro atoms. The number of alkyl halides is 3. The van der Waals surface area contributed by atoms with Crippen molar-refractivity contribution < 1.29 is 22.4 Å². The molecule has 6 heteroatoms. The Balaban J connectivity index is 2.48.